The van der Waals surface area contributed by atoms with Crippen LogP contribution in [0.1, 0.15) is 46.0 Å². The van der Waals surface area contributed by atoms with E-state index in [9.17, 15) is 4.79 Å². The van der Waals surface area contributed by atoms with E-state index in [1.165, 1.54) is 13.0 Å². The van der Waals surface area contributed by atoms with E-state index >= 15 is 0 Å². The number of carbonyl (C=O) groups excluding carboxylic acids is 1. The van der Waals surface area contributed by atoms with Crippen LogP contribution in [0.5, 0.6) is 0 Å². The van der Waals surface area contributed by atoms with Gasteiger partial charge in [0.05, 0.1) is 13.0 Å². The smallest absolute Gasteiger partial charge is 0.307 e. The molecule has 4 heteroatoms. The highest BCUT2D eigenvalue weighted by atomic mass is 16.5. The molecule has 1 heterocycles. The van der Waals surface area contributed by atoms with Gasteiger partial charge in [-0.2, -0.15) is 0 Å². The molecule has 1 rings (SSSR count). The maximum absolute atomic E-state index is 11.9. The van der Waals surface area contributed by atoms with Crippen molar-refractivity contribution in [3.8, 4) is 0 Å². The molecule has 1 atom stereocenters. The van der Waals surface area contributed by atoms with Crippen LogP contribution in [-0.2, 0) is 9.53 Å². The zero-order valence-corrected chi connectivity index (χ0v) is 13.1. The van der Waals surface area contributed by atoms with Crippen LogP contribution in [0.4, 0.5) is 0 Å². The molecular formula is C15H30N2O2. The molecule has 0 bridgehead atoms. The summed E-state index contributed by atoms with van der Waals surface area (Å²) in [5.41, 5.74) is -0.0191. The Kier molecular flexibility index (Phi) is 6.80. The third kappa shape index (κ3) is 4.77. The van der Waals surface area contributed by atoms with Crippen LogP contribution in [0.15, 0.2) is 0 Å². The van der Waals surface area contributed by atoms with Gasteiger partial charge in [-0.05, 0) is 66.3 Å². The summed E-state index contributed by atoms with van der Waals surface area (Å²) in [5, 5.41) is 0. The van der Waals surface area contributed by atoms with Crippen LogP contribution in [0.2, 0.25) is 0 Å². The lowest BCUT2D eigenvalue weighted by atomic mass is 9.86. The molecule has 0 spiro atoms. The minimum absolute atomic E-state index is 0.0191. The maximum atomic E-state index is 11.9. The summed E-state index contributed by atoms with van der Waals surface area (Å²) in [6.45, 7) is 7.99. The largest absolute Gasteiger partial charge is 0.466 e. The van der Waals surface area contributed by atoms with Crippen LogP contribution in [0.25, 0.3) is 0 Å². The van der Waals surface area contributed by atoms with Gasteiger partial charge in [-0.3, -0.25) is 4.79 Å². The zero-order valence-electron chi connectivity index (χ0n) is 13.1. The van der Waals surface area contributed by atoms with Crippen LogP contribution >= 0.6 is 0 Å². The first kappa shape index (κ1) is 16.4. The monoisotopic (exact) mass is 270 g/mol. The summed E-state index contributed by atoms with van der Waals surface area (Å²) in [6, 6.07) is 0. The summed E-state index contributed by atoms with van der Waals surface area (Å²) in [6.07, 6.45) is 5.02. The third-order valence-electron chi connectivity index (χ3n) is 4.28. The lowest BCUT2D eigenvalue weighted by molar-refractivity contribution is -0.146. The predicted molar refractivity (Wildman–Crippen MR) is 78.3 cm³/mol. The molecule has 1 saturated heterocycles. The number of ether oxygens (including phenoxy) is 1. The molecule has 1 aliphatic heterocycles. The van der Waals surface area contributed by atoms with Crippen molar-refractivity contribution in [2.24, 2.45) is 0 Å². The van der Waals surface area contributed by atoms with Gasteiger partial charge in [-0.25, -0.2) is 0 Å². The molecule has 1 unspecified atom stereocenters. The summed E-state index contributed by atoms with van der Waals surface area (Å²) >= 11 is 0. The van der Waals surface area contributed by atoms with E-state index in [2.05, 4.69) is 30.8 Å². The number of likely N-dealkylation sites (tertiary alicyclic amines) is 1. The van der Waals surface area contributed by atoms with Gasteiger partial charge in [-0.1, -0.05) is 6.92 Å². The molecule has 0 amide bonds. The van der Waals surface area contributed by atoms with Crippen LogP contribution in [-0.4, -0.2) is 61.6 Å². The molecule has 0 aromatic heterocycles. The van der Waals surface area contributed by atoms with Crippen molar-refractivity contribution >= 4 is 5.97 Å². The molecule has 112 valence electrons. The topological polar surface area (TPSA) is 32.8 Å². The average Bonchev–Trinajstić information content (AvgIpc) is 2.54. The first-order valence-corrected chi connectivity index (χ1v) is 7.59. The van der Waals surface area contributed by atoms with E-state index in [-0.39, 0.29) is 11.5 Å². The van der Waals surface area contributed by atoms with Crippen LogP contribution in [0, 0.1) is 0 Å². The number of hydrogen-bond acceptors (Lipinski definition) is 4. The Morgan fingerprint density at radius 2 is 2.00 bits per heavy atom. The normalized spacial score (nSPS) is 25.3. The molecular weight excluding hydrogens is 240 g/mol. The van der Waals surface area contributed by atoms with Crippen molar-refractivity contribution in [3.05, 3.63) is 0 Å². The highest BCUT2D eigenvalue weighted by Crippen LogP contribution is 2.31. The van der Waals surface area contributed by atoms with E-state index in [1.807, 2.05) is 6.92 Å². The Balaban J connectivity index is 2.68. The molecule has 19 heavy (non-hydrogen) atoms. The molecule has 0 aromatic carbocycles. The Morgan fingerprint density at radius 1 is 1.26 bits per heavy atom. The van der Waals surface area contributed by atoms with Crippen LogP contribution < -0.4 is 0 Å². The fraction of sp³-hybridized carbons (Fsp3) is 0.933. The van der Waals surface area contributed by atoms with Gasteiger partial charge in [0.1, 0.15) is 0 Å². The highest BCUT2D eigenvalue weighted by Gasteiger charge is 2.37. The minimum Gasteiger partial charge on any atom is -0.466 e. The van der Waals surface area contributed by atoms with E-state index in [1.54, 1.807) is 0 Å². The minimum atomic E-state index is -0.0554. The van der Waals surface area contributed by atoms with Gasteiger partial charge in [-0.15, -0.1) is 0 Å². The summed E-state index contributed by atoms with van der Waals surface area (Å²) in [5.74, 6) is -0.0554. The van der Waals surface area contributed by atoms with Crippen molar-refractivity contribution < 1.29 is 9.53 Å². The molecule has 0 aromatic rings. The standard InChI is InChI=1S/C15H30N2O2/c1-5-10-17-11-7-8-15(9-12-17,16(3)4)13-14(18)19-6-2/h5-13H2,1-4H3. The molecule has 0 saturated carbocycles. The first-order valence-electron chi connectivity index (χ1n) is 7.59. The lowest BCUT2D eigenvalue weighted by Gasteiger charge is -2.38. The molecule has 0 aliphatic carbocycles. The number of hydrogen-bond donors (Lipinski definition) is 0. The van der Waals surface area contributed by atoms with E-state index in [0.717, 1.165) is 32.4 Å². The highest BCUT2D eigenvalue weighted by molar-refractivity contribution is 5.70. The van der Waals surface area contributed by atoms with Gasteiger partial charge in [0.2, 0.25) is 0 Å². The first-order chi connectivity index (χ1) is 9.04. The summed E-state index contributed by atoms with van der Waals surface area (Å²) < 4.78 is 5.16. The second kappa shape index (κ2) is 7.85. The van der Waals surface area contributed by atoms with E-state index in [0.29, 0.717) is 13.0 Å². The van der Waals surface area contributed by atoms with Crippen molar-refractivity contribution in [1.82, 2.24) is 9.80 Å². The predicted octanol–water partition coefficient (Wildman–Crippen LogP) is 2.14. The number of carbonyl (C=O) groups is 1. The van der Waals surface area contributed by atoms with Gasteiger partial charge in [0.25, 0.3) is 0 Å². The Labute approximate surface area is 118 Å². The summed E-state index contributed by atoms with van der Waals surface area (Å²) in [7, 11) is 4.18. The fourth-order valence-corrected chi connectivity index (χ4v) is 3.04. The fourth-order valence-electron chi connectivity index (χ4n) is 3.04. The molecule has 1 fully saturated rings. The Bertz CT molecular complexity index is 281. The summed E-state index contributed by atoms with van der Waals surface area (Å²) in [4.78, 5) is 16.6. The zero-order chi connectivity index (χ0) is 14.3. The van der Waals surface area contributed by atoms with Crippen molar-refractivity contribution in [1.29, 1.82) is 0 Å². The van der Waals surface area contributed by atoms with Crippen molar-refractivity contribution in [3.63, 3.8) is 0 Å². The van der Waals surface area contributed by atoms with Crippen molar-refractivity contribution in [2.75, 3.05) is 40.3 Å². The van der Waals surface area contributed by atoms with Gasteiger partial charge in [0, 0.05) is 5.54 Å². The average molecular weight is 270 g/mol. The van der Waals surface area contributed by atoms with Gasteiger partial charge < -0.3 is 14.5 Å². The third-order valence-corrected chi connectivity index (χ3v) is 4.28. The van der Waals surface area contributed by atoms with Gasteiger partial charge in [0.15, 0.2) is 0 Å². The van der Waals surface area contributed by atoms with Gasteiger partial charge >= 0.3 is 5.97 Å². The van der Waals surface area contributed by atoms with E-state index in [4.69, 9.17) is 4.74 Å². The molecule has 0 radical (unpaired) electrons. The number of rotatable bonds is 6. The Hall–Kier alpha value is -0.610. The van der Waals surface area contributed by atoms with Crippen LogP contribution in [0.3, 0.4) is 0 Å². The second-order valence-electron chi connectivity index (χ2n) is 5.80. The molecule has 0 N–H and O–H groups in total. The second-order valence-corrected chi connectivity index (χ2v) is 5.80. The SMILES string of the molecule is CCCN1CCCC(CC(=O)OCC)(N(C)C)CC1. The molecule has 1 aliphatic rings. The number of nitrogens with zero attached hydrogens (tertiary/aromatic N) is 2. The number of esters is 1. The quantitative estimate of drug-likeness (QED) is 0.692. The van der Waals surface area contributed by atoms with Crippen molar-refractivity contribution in [2.45, 2.75) is 51.5 Å². The lowest BCUT2D eigenvalue weighted by Crippen LogP contribution is -2.47. The molecule has 4 nitrogen and oxygen atoms in total. The maximum Gasteiger partial charge on any atom is 0.307 e. The van der Waals surface area contributed by atoms with E-state index < -0.39 is 0 Å². The Morgan fingerprint density at radius 3 is 2.58 bits per heavy atom.